The first-order chi connectivity index (χ1) is 12.7. The average molecular weight is 351 g/mol. The zero-order valence-electron chi connectivity index (χ0n) is 15.1. The highest BCUT2D eigenvalue weighted by molar-refractivity contribution is 5.97. The van der Waals surface area contributed by atoms with Crippen molar-refractivity contribution in [1.82, 2.24) is 5.32 Å². The van der Waals surface area contributed by atoms with Gasteiger partial charge in [-0.2, -0.15) is 0 Å². The van der Waals surface area contributed by atoms with E-state index in [-0.39, 0.29) is 18.1 Å². The molecule has 5 heteroatoms. The van der Waals surface area contributed by atoms with Crippen LogP contribution in [0.2, 0.25) is 0 Å². The molecule has 1 amide bonds. The summed E-state index contributed by atoms with van der Waals surface area (Å²) in [5, 5.41) is 6.43. The van der Waals surface area contributed by atoms with Gasteiger partial charge < -0.3 is 20.3 Å². The van der Waals surface area contributed by atoms with Crippen LogP contribution in [0.5, 0.6) is 5.75 Å². The predicted molar refractivity (Wildman–Crippen MR) is 104 cm³/mol. The zero-order chi connectivity index (χ0) is 17.9. The molecule has 136 valence electrons. The molecule has 1 saturated heterocycles. The molecule has 4 rings (SSSR count). The van der Waals surface area contributed by atoms with Crippen molar-refractivity contribution < 1.29 is 9.53 Å². The van der Waals surface area contributed by atoms with Crippen molar-refractivity contribution in [3.8, 4) is 5.75 Å². The first kappa shape index (κ1) is 16.9. The van der Waals surface area contributed by atoms with Crippen molar-refractivity contribution in [2.45, 2.75) is 31.9 Å². The molecule has 1 unspecified atom stereocenters. The summed E-state index contributed by atoms with van der Waals surface area (Å²) >= 11 is 0. The second-order valence-electron chi connectivity index (χ2n) is 6.91. The van der Waals surface area contributed by atoms with E-state index in [4.69, 9.17) is 4.74 Å². The van der Waals surface area contributed by atoms with Crippen LogP contribution in [0.4, 0.5) is 11.4 Å². The summed E-state index contributed by atoms with van der Waals surface area (Å²) in [4.78, 5) is 14.5. The number of benzene rings is 2. The number of ether oxygens (including phenoxy) is 1. The van der Waals surface area contributed by atoms with Crippen molar-refractivity contribution >= 4 is 17.3 Å². The molecule has 2 aromatic carbocycles. The number of amides is 1. The lowest BCUT2D eigenvalue weighted by Crippen LogP contribution is -2.51. The fourth-order valence-corrected chi connectivity index (χ4v) is 3.82. The molecule has 0 aliphatic carbocycles. The average Bonchev–Trinajstić information content (AvgIpc) is 2.82. The number of rotatable bonds is 4. The van der Waals surface area contributed by atoms with E-state index in [1.165, 1.54) is 5.56 Å². The number of carbonyl (C=O) groups is 1. The third-order valence-corrected chi connectivity index (χ3v) is 5.14. The van der Waals surface area contributed by atoms with Crippen molar-refractivity contribution in [1.29, 1.82) is 0 Å². The van der Waals surface area contributed by atoms with Crippen LogP contribution in [0.25, 0.3) is 0 Å². The quantitative estimate of drug-likeness (QED) is 0.887. The molecule has 2 N–H and O–H groups in total. The number of nitrogens with zero attached hydrogens (tertiary/aromatic N) is 1. The Morgan fingerprint density at radius 3 is 2.88 bits per heavy atom. The fourth-order valence-electron chi connectivity index (χ4n) is 3.82. The molecule has 2 aliphatic rings. The normalized spacial score (nSPS) is 20.4. The summed E-state index contributed by atoms with van der Waals surface area (Å²) in [5.41, 5.74) is 3.11. The second-order valence-corrected chi connectivity index (χ2v) is 6.91. The van der Waals surface area contributed by atoms with Crippen LogP contribution >= 0.6 is 0 Å². The van der Waals surface area contributed by atoms with E-state index in [2.05, 4.69) is 40.7 Å². The third kappa shape index (κ3) is 3.40. The Kier molecular flexibility index (Phi) is 4.80. The molecule has 0 spiro atoms. The Labute approximate surface area is 154 Å². The summed E-state index contributed by atoms with van der Waals surface area (Å²) in [6.07, 6.45) is 1.43. The number of fused-ring (bicyclic) bond motifs is 3. The summed E-state index contributed by atoms with van der Waals surface area (Å²) in [6.45, 7) is 4.79. The van der Waals surface area contributed by atoms with Crippen molar-refractivity contribution in [3.05, 3.63) is 54.1 Å². The van der Waals surface area contributed by atoms with Gasteiger partial charge in [0.2, 0.25) is 5.91 Å². The lowest BCUT2D eigenvalue weighted by Gasteiger charge is -2.36. The molecular weight excluding hydrogens is 326 g/mol. The van der Waals surface area contributed by atoms with Crippen molar-refractivity contribution in [2.24, 2.45) is 0 Å². The number of hydrogen-bond acceptors (Lipinski definition) is 4. The number of carbonyl (C=O) groups excluding carboxylic acids is 1. The second kappa shape index (κ2) is 7.38. The molecule has 0 aromatic heterocycles. The maximum Gasteiger partial charge on any atom is 0.226 e. The van der Waals surface area contributed by atoms with Crippen molar-refractivity contribution in [3.63, 3.8) is 0 Å². The minimum Gasteiger partial charge on any atom is -0.486 e. The topological polar surface area (TPSA) is 53.6 Å². The highest BCUT2D eigenvalue weighted by Crippen LogP contribution is 2.36. The van der Waals surface area contributed by atoms with Crippen LogP contribution in [0.3, 0.4) is 0 Å². The van der Waals surface area contributed by atoms with Crippen LogP contribution in [-0.4, -0.2) is 31.6 Å². The Bertz CT molecular complexity index is 778. The predicted octanol–water partition coefficient (Wildman–Crippen LogP) is 3.34. The van der Waals surface area contributed by atoms with E-state index in [1.54, 1.807) is 0 Å². The summed E-state index contributed by atoms with van der Waals surface area (Å²) in [6, 6.07) is 16.5. The SMILES string of the molecule is CCC(Oc1ccc2c(c1)N1CCNC[C@@H]1CC(=O)N2)c1ccccc1. The highest BCUT2D eigenvalue weighted by atomic mass is 16.5. The highest BCUT2D eigenvalue weighted by Gasteiger charge is 2.30. The lowest BCUT2D eigenvalue weighted by atomic mass is 10.1. The van der Waals surface area contributed by atoms with E-state index < -0.39 is 0 Å². The van der Waals surface area contributed by atoms with Gasteiger partial charge in [0, 0.05) is 32.1 Å². The standard InChI is InChI=1S/C21H25N3O2/c1-2-20(15-6-4-3-5-7-15)26-17-8-9-18-19(13-17)24-11-10-22-14-16(24)12-21(25)23-18/h3-9,13,16,20,22H,2,10-12,14H2,1H3,(H,23,25)/t16-,20?/m0/s1. The summed E-state index contributed by atoms with van der Waals surface area (Å²) in [7, 11) is 0. The van der Waals surface area contributed by atoms with E-state index in [1.807, 2.05) is 30.3 Å². The molecule has 0 saturated carbocycles. The molecule has 26 heavy (non-hydrogen) atoms. The number of piperazine rings is 1. The van der Waals surface area contributed by atoms with Crippen LogP contribution < -0.4 is 20.3 Å². The van der Waals surface area contributed by atoms with E-state index in [0.717, 1.165) is 43.2 Å². The molecule has 2 aliphatic heterocycles. The van der Waals surface area contributed by atoms with Gasteiger partial charge in [-0.3, -0.25) is 4.79 Å². The Balaban J connectivity index is 1.63. The van der Waals surface area contributed by atoms with Gasteiger partial charge in [-0.15, -0.1) is 0 Å². The summed E-state index contributed by atoms with van der Waals surface area (Å²) < 4.78 is 6.31. The molecule has 0 radical (unpaired) electrons. The molecular formula is C21H25N3O2. The van der Waals surface area contributed by atoms with Gasteiger partial charge >= 0.3 is 0 Å². The Morgan fingerprint density at radius 1 is 1.23 bits per heavy atom. The summed E-state index contributed by atoms with van der Waals surface area (Å²) in [5.74, 6) is 0.916. The van der Waals surface area contributed by atoms with Crippen LogP contribution in [0.15, 0.2) is 48.5 Å². The van der Waals surface area contributed by atoms with Gasteiger partial charge in [-0.05, 0) is 24.1 Å². The monoisotopic (exact) mass is 351 g/mol. The molecule has 0 bridgehead atoms. The van der Waals surface area contributed by atoms with Gasteiger partial charge in [0.1, 0.15) is 11.9 Å². The van der Waals surface area contributed by atoms with Gasteiger partial charge in [-0.1, -0.05) is 37.3 Å². The minimum absolute atomic E-state index is 0.0217. The molecule has 5 nitrogen and oxygen atoms in total. The smallest absolute Gasteiger partial charge is 0.226 e. The van der Waals surface area contributed by atoms with Crippen LogP contribution in [0.1, 0.15) is 31.4 Å². The molecule has 1 fully saturated rings. The molecule has 2 heterocycles. The van der Waals surface area contributed by atoms with E-state index >= 15 is 0 Å². The van der Waals surface area contributed by atoms with Crippen LogP contribution in [-0.2, 0) is 4.79 Å². The number of anilines is 2. The fraction of sp³-hybridized carbons (Fsp3) is 0.381. The minimum atomic E-state index is 0.0217. The Morgan fingerprint density at radius 2 is 2.08 bits per heavy atom. The van der Waals surface area contributed by atoms with Crippen LogP contribution in [0, 0.1) is 0 Å². The maximum atomic E-state index is 12.2. The first-order valence-electron chi connectivity index (χ1n) is 9.37. The maximum absolute atomic E-state index is 12.2. The molecule has 2 atom stereocenters. The van der Waals surface area contributed by atoms with Gasteiger partial charge in [0.15, 0.2) is 0 Å². The lowest BCUT2D eigenvalue weighted by molar-refractivity contribution is -0.116. The van der Waals surface area contributed by atoms with Gasteiger partial charge in [0.05, 0.1) is 17.4 Å². The van der Waals surface area contributed by atoms with Crippen molar-refractivity contribution in [2.75, 3.05) is 29.9 Å². The van der Waals surface area contributed by atoms with Gasteiger partial charge in [-0.25, -0.2) is 0 Å². The Hall–Kier alpha value is -2.53. The molecule has 2 aromatic rings. The van der Waals surface area contributed by atoms with E-state index in [0.29, 0.717) is 6.42 Å². The zero-order valence-corrected chi connectivity index (χ0v) is 15.1. The first-order valence-corrected chi connectivity index (χ1v) is 9.37. The third-order valence-electron chi connectivity index (χ3n) is 5.14. The van der Waals surface area contributed by atoms with Gasteiger partial charge in [0.25, 0.3) is 0 Å². The van der Waals surface area contributed by atoms with E-state index in [9.17, 15) is 4.79 Å². The largest absolute Gasteiger partial charge is 0.486 e. The number of hydrogen-bond donors (Lipinski definition) is 2. The number of nitrogens with one attached hydrogen (secondary N) is 2.